The second kappa shape index (κ2) is 11.8. The van der Waals surface area contributed by atoms with E-state index < -0.39 is 20.0 Å². The minimum atomic E-state index is -4.66. The summed E-state index contributed by atoms with van der Waals surface area (Å²) in [6.07, 6.45) is 0. The number of halogens is 2. The van der Waals surface area contributed by atoms with Crippen LogP contribution >= 0.6 is 23.2 Å². The Balaban J connectivity index is 1.48. The Bertz CT molecular complexity index is 1630. The van der Waals surface area contributed by atoms with E-state index in [9.17, 15) is 16.8 Å². The van der Waals surface area contributed by atoms with Crippen LogP contribution in [0.15, 0.2) is 113 Å². The van der Waals surface area contributed by atoms with Crippen LogP contribution in [0.1, 0.15) is 5.56 Å². The lowest BCUT2D eigenvalue weighted by Gasteiger charge is -2.36. The summed E-state index contributed by atoms with van der Waals surface area (Å²) >= 11 is 12.5. The molecular formula is C29H27Cl2N3O4S2. The third-order valence-electron chi connectivity index (χ3n) is 6.69. The second-order valence-corrected chi connectivity index (χ2v) is 13.9. The SMILES string of the molecule is O=S(=O)(c1ccccc1Cl)N(c1cccc(CN2CCN(c3ccccc3)CC2)c1)S(=O)(=O)c1ccccc1Cl. The molecule has 40 heavy (non-hydrogen) atoms. The van der Waals surface area contributed by atoms with Crippen molar-refractivity contribution in [3.63, 3.8) is 0 Å². The van der Waals surface area contributed by atoms with Gasteiger partial charge in [0.05, 0.1) is 15.7 Å². The molecule has 1 aliphatic heterocycles. The minimum absolute atomic E-state index is 0.0275. The zero-order valence-electron chi connectivity index (χ0n) is 21.4. The molecule has 1 heterocycles. The largest absolute Gasteiger partial charge is 0.369 e. The van der Waals surface area contributed by atoms with Crippen molar-refractivity contribution in [3.05, 3.63) is 119 Å². The molecule has 5 rings (SSSR count). The highest BCUT2D eigenvalue weighted by Crippen LogP contribution is 2.36. The van der Waals surface area contributed by atoms with Crippen LogP contribution < -0.4 is 8.61 Å². The molecule has 0 saturated carbocycles. The number of rotatable bonds is 8. The zero-order valence-corrected chi connectivity index (χ0v) is 24.5. The molecule has 4 aromatic rings. The maximum Gasteiger partial charge on any atom is 0.279 e. The topological polar surface area (TPSA) is 78.0 Å². The molecule has 0 spiro atoms. The molecular weight excluding hydrogens is 589 g/mol. The molecule has 4 aromatic carbocycles. The van der Waals surface area contributed by atoms with Crippen molar-refractivity contribution in [1.29, 1.82) is 0 Å². The Kier molecular flexibility index (Phi) is 8.39. The third kappa shape index (κ3) is 5.84. The second-order valence-electron chi connectivity index (χ2n) is 9.34. The molecule has 0 radical (unpaired) electrons. The number of nitrogens with zero attached hydrogens (tertiary/aromatic N) is 3. The maximum absolute atomic E-state index is 14.0. The Morgan fingerprint density at radius 1 is 0.625 bits per heavy atom. The van der Waals surface area contributed by atoms with Crippen molar-refractivity contribution in [2.75, 3.05) is 34.8 Å². The van der Waals surface area contributed by atoms with E-state index in [4.69, 9.17) is 23.2 Å². The van der Waals surface area contributed by atoms with E-state index in [-0.39, 0.29) is 25.5 Å². The predicted octanol–water partition coefficient (Wildman–Crippen LogP) is 5.90. The molecule has 11 heteroatoms. The molecule has 208 valence electrons. The Hall–Kier alpha value is -3.08. The summed E-state index contributed by atoms with van der Waals surface area (Å²) in [7, 11) is -9.32. The summed E-state index contributed by atoms with van der Waals surface area (Å²) < 4.78 is 56.3. The Labute approximate surface area is 245 Å². The fraction of sp³-hybridized carbons (Fsp3) is 0.172. The number of anilines is 2. The van der Waals surface area contributed by atoms with E-state index in [1.54, 1.807) is 24.3 Å². The lowest BCUT2D eigenvalue weighted by atomic mass is 10.1. The number of para-hydroxylation sites is 1. The van der Waals surface area contributed by atoms with Gasteiger partial charge >= 0.3 is 0 Å². The maximum atomic E-state index is 14.0. The molecule has 1 fully saturated rings. The van der Waals surface area contributed by atoms with Gasteiger partial charge < -0.3 is 4.90 Å². The lowest BCUT2D eigenvalue weighted by Crippen LogP contribution is -2.46. The van der Waals surface area contributed by atoms with Gasteiger partial charge in [0.15, 0.2) is 0 Å². The fourth-order valence-electron chi connectivity index (χ4n) is 4.72. The first kappa shape index (κ1) is 28.4. The molecule has 1 saturated heterocycles. The Morgan fingerprint density at radius 3 is 1.70 bits per heavy atom. The summed E-state index contributed by atoms with van der Waals surface area (Å²) in [4.78, 5) is 3.93. The van der Waals surface area contributed by atoms with E-state index in [0.717, 1.165) is 31.7 Å². The van der Waals surface area contributed by atoms with E-state index in [2.05, 4.69) is 21.9 Å². The first-order valence-electron chi connectivity index (χ1n) is 12.6. The predicted molar refractivity (Wildman–Crippen MR) is 160 cm³/mol. The monoisotopic (exact) mass is 615 g/mol. The fourth-order valence-corrected chi connectivity index (χ4v) is 9.36. The molecule has 0 atom stereocenters. The van der Waals surface area contributed by atoms with Crippen molar-refractivity contribution < 1.29 is 16.8 Å². The molecule has 0 aliphatic carbocycles. The van der Waals surface area contributed by atoms with E-state index >= 15 is 0 Å². The van der Waals surface area contributed by atoms with Crippen molar-refractivity contribution in [3.8, 4) is 0 Å². The van der Waals surface area contributed by atoms with E-state index in [1.165, 1.54) is 48.2 Å². The zero-order chi connectivity index (χ0) is 28.3. The molecule has 7 nitrogen and oxygen atoms in total. The average molecular weight is 617 g/mol. The average Bonchev–Trinajstić information content (AvgIpc) is 2.94. The van der Waals surface area contributed by atoms with Gasteiger partial charge in [0.1, 0.15) is 9.79 Å². The number of benzene rings is 4. The molecule has 0 N–H and O–H groups in total. The molecule has 1 aliphatic rings. The standard InChI is InChI=1S/C29H27Cl2N3O4S2/c30-26-13-4-6-15-28(26)39(35,36)34(40(37,38)29-16-7-5-14-27(29)31)25-12-8-9-23(21-25)22-32-17-19-33(20-18-32)24-10-2-1-3-11-24/h1-16,21H,17-20,22H2. The van der Waals surface area contributed by atoms with Gasteiger partial charge in [-0.1, -0.05) is 77.8 Å². The van der Waals surface area contributed by atoms with Gasteiger partial charge in [-0.3, -0.25) is 4.90 Å². The van der Waals surface area contributed by atoms with Crippen molar-refractivity contribution >= 4 is 54.6 Å². The summed E-state index contributed by atoms with van der Waals surface area (Å²) in [6.45, 7) is 3.83. The molecule has 0 unspecified atom stereocenters. The summed E-state index contributed by atoms with van der Waals surface area (Å²) in [5.74, 6) is 0. The van der Waals surface area contributed by atoms with Crippen LogP contribution in [0.5, 0.6) is 0 Å². The van der Waals surface area contributed by atoms with Crippen molar-refractivity contribution in [1.82, 2.24) is 4.90 Å². The highest BCUT2D eigenvalue weighted by atomic mass is 35.5. The van der Waals surface area contributed by atoms with Crippen LogP contribution in [0.4, 0.5) is 11.4 Å². The van der Waals surface area contributed by atoms with Crippen LogP contribution in [0.3, 0.4) is 0 Å². The van der Waals surface area contributed by atoms with E-state index in [0.29, 0.717) is 10.3 Å². The van der Waals surface area contributed by atoms with Crippen LogP contribution in [-0.2, 0) is 26.6 Å². The number of piperazine rings is 1. The first-order chi connectivity index (χ1) is 19.2. The summed E-state index contributed by atoms with van der Waals surface area (Å²) in [5, 5.41) is -0.177. The van der Waals surface area contributed by atoms with Crippen molar-refractivity contribution in [2.45, 2.75) is 16.3 Å². The smallest absolute Gasteiger partial charge is 0.279 e. The summed E-state index contributed by atoms with van der Waals surface area (Å²) in [6, 6.07) is 28.3. The van der Waals surface area contributed by atoms with Gasteiger partial charge in [0.25, 0.3) is 20.0 Å². The Morgan fingerprint density at radius 2 is 1.15 bits per heavy atom. The normalized spacial score (nSPS) is 14.7. The number of hydrogen-bond donors (Lipinski definition) is 0. The van der Waals surface area contributed by atoms with Gasteiger partial charge in [-0.15, -0.1) is 0 Å². The number of hydrogen-bond acceptors (Lipinski definition) is 6. The summed E-state index contributed by atoms with van der Waals surface area (Å²) in [5.41, 5.74) is 1.92. The highest BCUT2D eigenvalue weighted by molar-refractivity contribution is 8.10. The lowest BCUT2D eigenvalue weighted by molar-refractivity contribution is 0.250. The quantitative estimate of drug-likeness (QED) is 0.246. The van der Waals surface area contributed by atoms with Gasteiger partial charge in [-0.2, -0.15) is 20.5 Å². The third-order valence-corrected chi connectivity index (χ3v) is 11.9. The van der Waals surface area contributed by atoms with Crippen molar-refractivity contribution in [2.24, 2.45) is 0 Å². The van der Waals surface area contributed by atoms with Crippen LogP contribution in [0, 0.1) is 0 Å². The highest BCUT2D eigenvalue weighted by Gasteiger charge is 2.39. The van der Waals surface area contributed by atoms with Gasteiger partial charge in [-0.05, 0) is 54.1 Å². The van der Waals surface area contributed by atoms with Gasteiger partial charge in [0.2, 0.25) is 0 Å². The van der Waals surface area contributed by atoms with E-state index in [1.807, 2.05) is 24.3 Å². The van der Waals surface area contributed by atoms with Gasteiger partial charge in [-0.25, -0.2) is 0 Å². The van der Waals surface area contributed by atoms with Gasteiger partial charge in [0, 0.05) is 38.4 Å². The first-order valence-corrected chi connectivity index (χ1v) is 16.2. The molecule has 0 aromatic heterocycles. The van der Waals surface area contributed by atoms with Crippen LogP contribution in [-0.4, -0.2) is 47.9 Å². The van der Waals surface area contributed by atoms with Crippen LogP contribution in [0.2, 0.25) is 10.0 Å². The minimum Gasteiger partial charge on any atom is -0.369 e. The molecule has 0 amide bonds. The molecule has 0 bridgehead atoms. The number of sulfonamides is 2. The van der Waals surface area contributed by atoms with Crippen LogP contribution in [0.25, 0.3) is 0 Å².